The van der Waals surface area contributed by atoms with Crippen LogP contribution in [0, 0.1) is 5.92 Å². The number of benzene rings is 3. The van der Waals surface area contributed by atoms with Crippen LogP contribution < -0.4 is 65.5 Å². The molecule has 24 nitrogen and oxygen atoms in total. The number of hydrogen-bond donors (Lipinski definition) is 12. The van der Waals surface area contributed by atoms with Gasteiger partial charge >= 0.3 is 0 Å². The summed E-state index contributed by atoms with van der Waals surface area (Å²) < 4.78 is 0. The highest BCUT2D eigenvalue weighted by molar-refractivity contribution is 5.96. The Bertz CT molecular complexity index is 2420. The molecule has 6 atom stereocenters. The van der Waals surface area contributed by atoms with Gasteiger partial charge in [0, 0.05) is 52.8 Å². The summed E-state index contributed by atoms with van der Waals surface area (Å²) in [5.74, 6) is -5.26. The Morgan fingerprint density at radius 2 is 1.05 bits per heavy atom. The van der Waals surface area contributed by atoms with E-state index >= 15 is 0 Å². The van der Waals surface area contributed by atoms with Crippen molar-refractivity contribution in [2.45, 2.75) is 115 Å². The summed E-state index contributed by atoms with van der Waals surface area (Å²) in [4.78, 5) is 104. The number of hydrogen-bond acceptors (Lipinski definition) is 13. The van der Waals surface area contributed by atoms with Gasteiger partial charge in [-0.15, -0.1) is 0 Å². The number of amides is 7. The van der Waals surface area contributed by atoms with E-state index in [-0.39, 0.29) is 81.7 Å². The molecule has 3 aromatic carbocycles. The van der Waals surface area contributed by atoms with Crippen LogP contribution in [-0.4, -0.2) is 122 Å². The molecule has 0 aliphatic heterocycles. The van der Waals surface area contributed by atoms with Crippen molar-refractivity contribution in [3.8, 4) is 5.75 Å². The van der Waals surface area contributed by atoms with E-state index in [2.05, 4.69) is 52.1 Å². The summed E-state index contributed by atoms with van der Waals surface area (Å²) in [7, 11) is 3.90. The molecule has 75 heavy (non-hydrogen) atoms. The van der Waals surface area contributed by atoms with Crippen LogP contribution in [0.4, 0.5) is 17.1 Å². The number of guanidine groups is 2. The molecule has 7 amide bonds. The number of nitrogens with one attached hydrogen (secondary N) is 6. The predicted octanol–water partition coefficient (Wildman–Crippen LogP) is 1.03. The lowest BCUT2D eigenvalue weighted by atomic mass is 9.96. The van der Waals surface area contributed by atoms with E-state index in [1.807, 2.05) is 50.2 Å². The molecule has 0 aliphatic rings. The Balaban J connectivity index is 1.81. The Labute approximate surface area is 438 Å². The van der Waals surface area contributed by atoms with Crippen LogP contribution in [0.3, 0.4) is 0 Å². The molecule has 0 radical (unpaired) electrons. The zero-order chi connectivity index (χ0) is 55.5. The van der Waals surface area contributed by atoms with Gasteiger partial charge in [-0.2, -0.15) is 10.2 Å². The minimum absolute atomic E-state index is 0.00253. The van der Waals surface area contributed by atoms with E-state index in [4.69, 9.17) is 28.7 Å². The van der Waals surface area contributed by atoms with Gasteiger partial charge in [-0.3, -0.25) is 43.5 Å². The van der Waals surface area contributed by atoms with Crippen LogP contribution in [0.15, 0.2) is 93.0 Å². The molecule has 3 aromatic rings. The lowest BCUT2D eigenvalue weighted by Crippen LogP contribution is -2.60. The summed E-state index contributed by atoms with van der Waals surface area (Å²) in [5.41, 5.74) is 31.3. The van der Waals surface area contributed by atoms with Crippen molar-refractivity contribution in [2.24, 2.45) is 54.8 Å². The number of aliphatic imine (C=N–C) groups is 2. The van der Waals surface area contributed by atoms with Gasteiger partial charge in [-0.25, -0.2) is 0 Å². The molecule has 0 saturated heterocycles. The number of azo groups is 1. The van der Waals surface area contributed by atoms with Crippen LogP contribution in [0.5, 0.6) is 5.75 Å². The number of aromatic hydroxyl groups is 1. The fourth-order valence-corrected chi connectivity index (χ4v) is 7.47. The number of phenols is 1. The molecule has 0 bridgehead atoms. The average molecular weight is 1040 g/mol. The van der Waals surface area contributed by atoms with Crippen molar-refractivity contribution >= 4 is 70.3 Å². The van der Waals surface area contributed by atoms with Crippen molar-refractivity contribution in [1.29, 1.82) is 0 Å². The molecule has 0 heterocycles. The maximum atomic E-state index is 14.4. The third kappa shape index (κ3) is 23.4. The quantitative estimate of drug-likeness (QED) is 0.0180. The smallest absolute Gasteiger partial charge is 0.243 e. The number of primary amides is 1. The lowest BCUT2D eigenvalue weighted by molar-refractivity contribution is -0.135. The number of phenolic OH excluding ortho intramolecular Hbond substituents is 1. The molecule has 0 unspecified atom stereocenters. The van der Waals surface area contributed by atoms with E-state index in [1.165, 1.54) is 19.1 Å². The number of nitrogens with two attached hydrogens (primary N) is 5. The van der Waals surface area contributed by atoms with Crippen molar-refractivity contribution in [3.05, 3.63) is 83.9 Å². The first kappa shape index (κ1) is 61.0. The Hall–Kier alpha value is -8.31. The van der Waals surface area contributed by atoms with Gasteiger partial charge in [-0.1, -0.05) is 44.5 Å². The van der Waals surface area contributed by atoms with E-state index in [0.717, 1.165) is 11.3 Å². The molecule has 3 rings (SSSR count). The second kappa shape index (κ2) is 32.0. The number of carbonyl (C=O) groups is 7. The fourth-order valence-electron chi connectivity index (χ4n) is 7.47. The van der Waals surface area contributed by atoms with Crippen molar-refractivity contribution in [2.75, 3.05) is 38.6 Å². The van der Waals surface area contributed by atoms with Gasteiger partial charge in [0.15, 0.2) is 11.9 Å². The molecule has 0 spiro atoms. The first-order valence-electron chi connectivity index (χ1n) is 24.9. The lowest BCUT2D eigenvalue weighted by Gasteiger charge is -2.29. The summed E-state index contributed by atoms with van der Waals surface area (Å²) in [6.07, 6.45) is 1.85. The summed E-state index contributed by atoms with van der Waals surface area (Å²) in [6, 6.07) is 14.7. The fraction of sp³-hybridized carbons (Fsp3) is 0.471. The third-order valence-electron chi connectivity index (χ3n) is 11.9. The highest BCUT2D eigenvalue weighted by Crippen LogP contribution is 2.22. The number of unbranched alkanes of at least 4 members (excludes halogenated alkanes) is 1. The molecule has 24 heteroatoms. The summed E-state index contributed by atoms with van der Waals surface area (Å²) in [6.45, 7) is 5.32. The standard InChI is InChI=1S/C51H76N16O8/c1-6-31(2)44(64-48(74)39(60-32(3)68)12-9-27-58-50(53)54)49(75)62-40(11-7-8-26-57-43(70)30-34-14-18-35(19-15-34)65-66-36-20-22-37(23-21-36)67(4)5)46(72)61-41(13-10-28-59-51(55)56)47(73)63-42(45(52)71)29-33-16-24-38(69)25-17-33/h14-25,31,39-42,44,69H,6-13,26-30H2,1-5H3,(H2,52,71)(H,57,70)(H,60,68)(H,61,72)(H,62,75)(H,63,73)(H,64,74)(H4,53,54,58)(H4,55,56,59)/t31-,39-,40-,41-,42-,44-/m0/s1. The van der Waals surface area contributed by atoms with Crippen molar-refractivity contribution in [1.82, 2.24) is 31.9 Å². The van der Waals surface area contributed by atoms with Gasteiger partial charge in [0.2, 0.25) is 41.4 Å². The number of carbonyl (C=O) groups excluding carboxylic acids is 7. The minimum Gasteiger partial charge on any atom is -0.508 e. The highest BCUT2D eigenvalue weighted by atomic mass is 16.3. The highest BCUT2D eigenvalue weighted by Gasteiger charge is 2.34. The topological polar surface area (TPSA) is 395 Å². The molecule has 17 N–H and O–H groups in total. The van der Waals surface area contributed by atoms with Crippen molar-refractivity contribution in [3.63, 3.8) is 0 Å². The first-order chi connectivity index (χ1) is 35.6. The summed E-state index contributed by atoms with van der Waals surface area (Å²) in [5, 5.41) is 34.7. The first-order valence-corrected chi connectivity index (χ1v) is 24.9. The second-order valence-electron chi connectivity index (χ2n) is 18.3. The Kier molecular flexibility index (Phi) is 26.0. The zero-order valence-corrected chi connectivity index (χ0v) is 43.5. The molecule has 0 saturated carbocycles. The monoisotopic (exact) mass is 1040 g/mol. The van der Waals surface area contributed by atoms with Crippen LogP contribution in [0.1, 0.15) is 83.3 Å². The molecule has 0 fully saturated rings. The second-order valence-corrected chi connectivity index (χ2v) is 18.3. The molecular formula is C51H76N16O8. The molecule has 0 aliphatic carbocycles. The zero-order valence-electron chi connectivity index (χ0n) is 43.5. The number of rotatable bonds is 32. The van der Waals surface area contributed by atoms with Crippen LogP contribution in [-0.2, 0) is 46.4 Å². The SMILES string of the molecule is CC[C@H](C)[C@H](NC(=O)[C@H](CCCN=C(N)N)NC(C)=O)C(=O)N[C@@H](CCCCNC(=O)Cc1ccc(N=Nc2ccc(N(C)C)cc2)cc1)C(=O)N[C@@H](CCCN=C(N)N)C(=O)N[C@@H](Cc1ccc(O)cc1)C(N)=O. The van der Waals surface area contributed by atoms with Crippen LogP contribution in [0.2, 0.25) is 0 Å². The molecule has 408 valence electrons. The third-order valence-corrected chi connectivity index (χ3v) is 11.9. The van der Waals surface area contributed by atoms with Crippen LogP contribution in [0.25, 0.3) is 0 Å². The van der Waals surface area contributed by atoms with Crippen LogP contribution >= 0.6 is 0 Å². The van der Waals surface area contributed by atoms with Gasteiger partial charge in [0.05, 0.1) is 17.8 Å². The maximum absolute atomic E-state index is 14.4. The number of nitrogens with zero attached hydrogens (tertiary/aromatic N) is 5. The molecule has 0 aromatic heterocycles. The van der Waals surface area contributed by atoms with Gasteiger partial charge < -0.3 is 70.6 Å². The average Bonchev–Trinajstić information content (AvgIpc) is 3.36. The van der Waals surface area contributed by atoms with E-state index in [0.29, 0.717) is 42.6 Å². The van der Waals surface area contributed by atoms with E-state index in [1.54, 1.807) is 43.3 Å². The van der Waals surface area contributed by atoms with Crippen molar-refractivity contribution < 1.29 is 38.7 Å². The van der Waals surface area contributed by atoms with Gasteiger partial charge in [0.25, 0.3) is 0 Å². The normalized spacial score (nSPS) is 13.3. The van der Waals surface area contributed by atoms with E-state index < -0.39 is 71.6 Å². The minimum atomic E-state index is -1.29. The van der Waals surface area contributed by atoms with Gasteiger partial charge in [-0.05, 0) is 111 Å². The van der Waals surface area contributed by atoms with E-state index in [9.17, 15) is 38.7 Å². The maximum Gasteiger partial charge on any atom is 0.243 e. The Morgan fingerprint density at radius 3 is 1.55 bits per heavy atom. The Morgan fingerprint density at radius 1 is 0.587 bits per heavy atom. The molecular weight excluding hydrogens is 965 g/mol. The largest absolute Gasteiger partial charge is 0.508 e. The predicted molar refractivity (Wildman–Crippen MR) is 288 cm³/mol. The van der Waals surface area contributed by atoms with Gasteiger partial charge in [0.1, 0.15) is 36.0 Å². The summed E-state index contributed by atoms with van der Waals surface area (Å²) >= 11 is 0. The number of anilines is 1.